The van der Waals surface area contributed by atoms with Crippen molar-refractivity contribution in [2.24, 2.45) is 5.73 Å². The van der Waals surface area contributed by atoms with Crippen molar-refractivity contribution in [3.8, 4) is 0 Å². The van der Waals surface area contributed by atoms with Gasteiger partial charge in [-0.25, -0.2) is 4.79 Å². The number of carbonyl (C=O) groups is 1. The zero-order valence-corrected chi connectivity index (χ0v) is 11.1. The highest BCUT2D eigenvalue weighted by molar-refractivity contribution is 5.89. The van der Waals surface area contributed by atoms with Crippen molar-refractivity contribution in [1.29, 1.82) is 0 Å². The van der Waals surface area contributed by atoms with E-state index in [1.165, 1.54) is 5.56 Å². The van der Waals surface area contributed by atoms with Crippen molar-refractivity contribution in [2.75, 3.05) is 18.0 Å². The summed E-state index contributed by atoms with van der Waals surface area (Å²) < 4.78 is 5.14. The van der Waals surface area contributed by atoms with Crippen molar-refractivity contribution in [1.82, 2.24) is 0 Å². The molecule has 98 valence electrons. The van der Waals surface area contributed by atoms with Gasteiger partial charge in [-0.2, -0.15) is 0 Å². The molecule has 0 radical (unpaired) electrons. The Balaban J connectivity index is 2.18. The lowest BCUT2D eigenvalue weighted by atomic mass is 9.87. The maximum atomic E-state index is 11.7. The minimum atomic E-state index is -0.311. The van der Waals surface area contributed by atoms with E-state index in [-0.39, 0.29) is 17.6 Å². The fraction of sp³-hybridized carbons (Fsp3) is 0.500. The molecule has 1 aromatic carbocycles. The normalized spacial score (nSPS) is 20.1. The fourth-order valence-corrected chi connectivity index (χ4v) is 2.00. The van der Waals surface area contributed by atoms with Gasteiger partial charge in [0.1, 0.15) is 6.10 Å². The highest BCUT2D eigenvalue weighted by Crippen LogP contribution is 2.26. The standard InChI is InChI=1S/C14H20N2O2/c1-14(2,3)10-4-6-11(7-5-10)16-9-12(8-15)18-13(16)17/h4-7,12H,8-9,15H2,1-3H3. The summed E-state index contributed by atoms with van der Waals surface area (Å²) in [4.78, 5) is 13.3. The average molecular weight is 248 g/mol. The summed E-state index contributed by atoms with van der Waals surface area (Å²) >= 11 is 0. The van der Waals surface area contributed by atoms with Gasteiger partial charge in [0, 0.05) is 12.2 Å². The Morgan fingerprint density at radius 3 is 2.39 bits per heavy atom. The molecule has 0 aromatic heterocycles. The number of hydrogen-bond acceptors (Lipinski definition) is 3. The molecule has 2 N–H and O–H groups in total. The van der Waals surface area contributed by atoms with Gasteiger partial charge in [0.25, 0.3) is 0 Å². The largest absolute Gasteiger partial charge is 0.443 e. The number of nitrogens with two attached hydrogens (primary N) is 1. The molecule has 4 nitrogen and oxygen atoms in total. The van der Waals surface area contributed by atoms with Crippen LogP contribution in [0.3, 0.4) is 0 Å². The average Bonchev–Trinajstić information content (AvgIpc) is 2.70. The summed E-state index contributed by atoms with van der Waals surface area (Å²) in [6.07, 6.45) is -0.506. The topological polar surface area (TPSA) is 55.6 Å². The summed E-state index contributed by atoms with van der Waals surface area (Å²) in [7, 11) is 0. The van der Waals surface area contributed by atoms with Gasteiger partial charge in [-0.05, 0) is 23.1 Å². The molecule has 0 spiro atoms. The molecule has 1 aliphatic heterocycles. The van der Waals surface area contributed by atoms with E-state index in [4.69, 9.17) is 10.5 Å². The van der Waals surface area contributed by atoms with Gasteiger partial charge >= 0.3 is 6.09 Å². The first kappa shape index (κ1) is 12.9. The Labute approximate surface area is 108 Å². The molecule has 1 aromatic rings. The Morgan fingerprint density at radius 2 is 1.94 bits per heavy atom. The molecule has 18 heavy (non-hydrogen) atoms. The van der Waals surface area contributed by atoms with Crippen LogP contribution >= 0.6 is 0 Å². The molecule has 0 aliphatic carbocycles. The number of nitrogens with zero attached hydrogens (tertiary/aromatic N) is 1. The van der Waals surface area contributed by atoms with E-state index in [2.05, 4.69) is 32.9 Å². The number of carbonyl (C=O) groups excluding carboxylic acids is 1. The molecule has 1 saturated heterocycles. The molecule has 1 aliphatic rings. The van der Waals surface area contributed by atoms with Crippen molar-refractivity contribution in [3.05, 3.63) is 29.8 Å². The van der Waals surface area contributed by atoms with Crippen LogP contribution in [0.15, 0.2) is 24.3 Å². The summed E-state index contributed by atoms with van der Waals surface area (Å²) in [6, 6.07) is 8.03. The van der Waals surface area contributed by atoms with Crippen LogP contribution in [0.5, 0.6) is 0 Å². The van der Waals surface area contributed by atoms with E-state index in [0.717, 1.165) is 5.69 Å². The summed E-state index contributed by atoms with van der Waals surface area (Å²) in [5.41, 5.74) is 7.74. The number of hydrogen-bond donors (Lipinski definition) is 1. The number of ether oxygens (including phenoxy) is 1. The maximum Gasteiger partial charge on any atom is 0.414 e. The van der Waals surface area contributed by atoms with E-state index in [0.29, 0.717) is 13.1 Å². The van der Waals surface area contributed by atoms with Crippen LogP contribution in [-0.2, 0) is 10.2 Å². The Bertz CT molecular complexity index is 434. The predicted octanol–water partition coefficient (Wildman–Crippen LogP) is 2.27. The van der Waals surface area contributed by atoms with Crippen molar-refractivity contribution < 1.29 is 9.53 Å². The fourth-order valence-electron chi connectivity index (χ4n) is 2.00. The van der Waals surface area contributed by atoms with Crippen molar-refractivity contribution in [2.45, 2.75) is 32.3 Å². The van der Waals surface area contributed by atoms with Crippen LogP contribution in [0, 0.1) is 0 Å². The Kier molecular flexibility index (Phi) is 3.30. The SMILES string of the molecule is CC(C)(C)c1ccc(N2CC(CN)OC2=O)cc1. The highest BCUT2D eigenvalue weighted by Gasteiger charge is 2.31. The zero-order chi connectivity index (χ0) is 13.3. The molecular weight excluding hydrogens is 228 g/mol. The molecule has 4 heteroatoms. The first-order valence-electron chi connectivity index (χ1n) is 6.20. The van der Waals surface area contributed by atoms with E-state index in [1.807, 2.05) is 12.1 Å². The number of amides is 1. The van der Waals surface area contributed by atoms with Gasteiger partial charge in [0.15, 0.2) is 0 Å². The third kappa shape index (κ3) is 2.48. The summed E-state index contributed by atoms with van der Waals surface area (Å²) in [5, 5.41) is 0. The van der Waals surface area contributed by atoms with Crippen LogP contribution in [0.25, 0.3) is 0 Å². The molecule has 2 rings (SSSR count). The van der Waals surface area contributed by atoms with E-state index < -0.39 is 0 Å². The summed E-state index contributed by atoms with van der Waals surface area (Å²) in [6.45, 7) is 7.39. The third-order valence-corrected chi connectivity index (χ3v) is 3.18. The number of anilines is 1. The van der Waals surface area contributed by atoms with Gasteiger partial charge in [-0.1, -0.05) is 32.9 Å². The van der Waals surface area contributed by atoms with Crippen LogP contribution in [0.2, 0.25) is 0 Å². The van der Waals surface area contributed by atoms with Crippen LogP contribution in [0.4, 0.5) is 10.5 Å². The van der Waals surface area contributed by atoms with Gasteiger partial charge < -0.3 is 10.5 Å². The van der Waals surface area contributed by atoms with Crippen LogP contribution < -0.4 is 10.6 Å². The second-order valence-corrected chi connectivity index (χ2v) is 5.65. The molecular formula is C14H20N2O2. The Morgan fingerprint density at radius 1 is 1.33 bits per heavy atom. The number of benzene rings is 1. The van der Waals surface area contributed by atoms with Gasteiger partial charge in [-0.15, -0.1) is 0 Å². The second-order valence-electron chi connectivity index (χ2n) is 5.65. The molecule has 1 heterocycles. The van der Waals surface area contributed by atoms with Crippen molar-refractivity contribution >= 4 is 11.8 Å². The Hall–Kier alpha value is -1.55. The lowest BCUT2D eigenvalue weighted by Crippen LogP contribution is -2.27. The first-order chi connectivity index (χ1) is 8.41. The van der Waals surface area contributed by atoms with E-state index in [1.54, 1.807) is 4.90 Å². The van der Waals surface area contributed by atoms with Gasteiger partial charge in [-0.3, -0.25) is 4.90 Å². The zero-order valence-electron chi connectivity index (χ0n) is 11.1. The molecule has 1 unspecified atom stereocenters. The lowest BCUT2D eigenvalue weighted by molar-refractivity contribution is 0.145. The van der Waals surface area contributed by atoms with Crippen molar-refractivity contribution in [3.63, 3.8) is 0 Å². The maximum absolute atomic E-state index is 11.7. The smallest absolute Gasteiger partial charge is 0.414 e. The van der Waals surface area contributed by atoms with Crippen LogP contribution in [0.1, 0.15) is 26.3 Å². The monoisotopic (exact) mass is 248 g/mol. The highest BCUT2D eigenvalue weighted by atomic mass is 16.6. The quantitative estimate of drug-likeness (QED) is 0.873. The van der Waals surface area contributed by atoms with E-state index in [9.17, 15) is 4.79 Å². The molecule has 1 fully saturated rings. The number of rotatable bonds is 2. The minimum Gasteiger partial charge on any atom is -0.443 e. The number of cyclic esters (lactones) is 1. The minimum absolute atomic E-state index is 0.115. The van der Waals surface area contributed by atoms with Gasteiger partial charge in [0.2, 0.25) is 0 Å². The van der Waals surface area contributed by atoms with E-state index >= 15 is 0 Å². The van der Waals surface area contributed by atoms with Gasteiger partial charge in [0.05, 0.1) is 6.54 Å². The molecule has 0 bridgehead atoms. The van der Waals surface area contributed by atoms with Crippen LogP contribution in [-0.4, -0.2) is 25.3 Å². The second kappa shape index (κ2) is 4.61. The predicted molar refractivity (Wildman–Crippen MR) is 71.8 cm³/mol. The first-order valence-corrected chi connectivity index (χ1v) is 6.20. The summed E-state index contributed by atoms with van der Waals surface area (Å²) in [5.74, 6) is 0. The molecule has 1 amide bonds. The molecule has 0 saturated carbocycles. The third-order valence-electron chi connectivity index (χ3n) is 3.18. The lowest BCUT2D eigenvalue weighted by Gasteiger charge is -2.20. The molecule has 1 atom stereocenters.